The van der Waals surface area contributed by atoms with E-state index in [0.29, 0.717) is 24.7 Å². The summed E-state index contributed by atoms with van der Waals surface area (Å²) in [6.45, 7) is 3.07. The number of nitrogens with one attached hydrogen (secondary N) is 3. The van der Waals surface area contributed by atoms with Crippen molar-refractivity contribution in [2.45, 2.75) is 30.8 Å². The van der Waals surface area contributed by atoms with Gasteiger partial charge in [-0.1, -0.05) is 0 Å². The highest BCUT2D eigenvalue weighted by atomic mass is 32.2. The van der Waals surface area contributed by atoms with Crippen molar-refractivity contribution in [1.29, 1.82) is 0 Å². The number of amides is 2. The molecule has 9 nitrogen and oxygen atoms in total. The molecular formula is C22H27N3O6S. The van der Waals surface area contributed by atoms with Crippen LogP contribution in [0.3, 0.4) is 0 Å². The summed E-state index contributed by atoms with van der Waals surface area (Å²) in [5.41, 5.74) is 0.828. The van der Waals surface area contributed by atoms with Crippen LogP contribution < -0.4 is 20.1 Å². The van der Waals surface area contributed by atoms with E-state index in [1.165, 1.54) is 24.3 Å². The van der Waals surface area contributed by atoms with Gasteiger partial charge in [0.1, 0.15) is 5.75 Å². The molecule has 1 saturated heterocycles. The van der Waals surface area contributed by atoms with Crippen LogP contribution in [0.25, 0.3) is 0 Å². The molecule has 0 spiro atoms. The van der Waals surface area contributed by atoms with E-state index in [0.717, 1.165) is 12.8 Å². The van der Waals surface area contributed by atoms with Crippen molar-refractivity contribution in [1.82, 2.24) is 10.0 Å². The number of carbonyl (C=O) groups is 2. The quantitative estimate of drug-likeness (QED) is 0.497. The summed E-state index contributed by atoms with van der Waals surface area (Å²) in [6, 6.07) is 12.4. The molecule has 1 aliphatic heterocycles. The van der Waals surface area contributed by atoms with Crippen molar-refractivity contribution >= 4 is 27.5 Å². The van der Waals surface area contributed by atoms with Crippen molar-refractivity contribution in [3.05, 3.63) is 54.1 Å². The molecule has 1 heterocycles. The molecule has 1 atom stereocenters. The van der Waals surface area contributed by atoms with Crippen LogP contribution in [0.15, 0.2) is 53.4 Å². The first-order valence-corrected chi connectivity index (χ1v) is 11.9. The second-order valence-corrected chi connectivity index (χ2v) is 8.97. The Labute approximate surface area is 187 Å². The highest BCUT2D eigenvalue weighted by Gasteiger charge is 2.20. The van der Waals surface area contributed by atoms with E-state index in [4.69, 9.17) is 9.47 Å². The smallest absolute Gasteiger partial charge is 0.251 e. The summed E-state index contributed by atoms with van der Waals surface area (Å²) in [6.07, 6.45) is 1.64. The molecule has 0 saturated carbocycles. The lowest BCUT2D eigenvalue weighted by Crippen LogP contribution is -2.33. The van der Waals surface area contributed by atoms with Crippen LogP contribution in [0.1, 0.15) is 30.1 Å². The maximum atomic E-state index is 12.4. The van der Waals surface area contributed by atoms with Crippen LogP contribution >= 0.6 is 0 Å². The van der Waals surface area contributed by atoms with E-state index in [1.54, 1.807) is 24.3 Å². The van der Waals surface area contributed by atoms with Gasteiger partial charge in [-0.25, -0.2) is 13.1 Å². The zero-order valence-electron chi connectivity index (χ0n) is 17.8. The van der Waals surface area contributed by atoms with Gasteiger partial charge in [-0.2, -0.15) is 0 Å². The molecule has 0 bridgehead atoms. The monoisotopic (exact) mass is 461 g/mol. The number of carbonyl (C=O) groups excluding carboxylic acids is 2. The molecule has 2 aromatic carbocycles. The minimum Gasteiger partial charge on any atom is -0.494 e. The van der Waals surface area contributed by atoms with E-state index >= 15 is 0 Å². The van der Waals surface area contributed by atoms with Crippen molar-refractivity contribution in [2.24, 2.45) is 0 Å². The summed E-state index contributed by atoms with van der Waals surface area (Å²) in [4.78, 5) is 24.4. The van der Waals surface area contributed by atoms with Gasteiger partial charge in [-0.3, -0.25) is 9.59 Å². The number of hydrogen-bond donors (Lipinski definition) is 3. The Kier molecular flexibility index (Phi) is 8.20. The van der Waals surface area contributed by atoms with Gasteiger partial charge in [-0.15, -0.1) is 0 Å². The predicted molar refractivity (Wildman–Crippen MR) is 119 cm³/mol. The molecule has 1 fully saturated rings. The Morgan fingerprint density at radius 3 is 2.44 bits per heavy atom. The second-order valence-electron chi connectivity index (χ2n) is 7.20. The number of sulfonamides is 1. The zero-order chi connectivity index (χ0) is 23.0. The summed E-state index contributed by atoms with van der Waals surface area (Å²) in [5, 5.41) is 5.19. The van der Waals surface area contributed by atoms with Gasteiger partial charge < -0.3 is 20.1 Å². The Balaban J connectivity index is 1.47. The molecule has 3 N–H and O–H groups in total. The fourth-order valence-corrected chi connectivity index (χ4v) is 4.21. The average Bonchev–Trinajstić information content (AvgIpc) is 3.32. The molecule has 1 unspecified atom stereocenters. The van der Waals surface area contributed by atoms with Crippen LogP contribution in [0.4, 0.5) is 5.69 Å². The largest absolute Gasteiger partial charge is 0.494 e. The van der Waals surface area contributed by atoms with Crippen LogP contribution in [0.5, 0.6) is 5.75 Å². The topological polar surface area (TPSA) is 123 Å². The van der Waals surface area contributed by atoms with E-state index in [2.05, 4.69) is 15.4 Å². The normalized spacial score (nSPS) is 15.8. The molecule has 1 aliphatic rings. The third-order valence-electron chi connectivity index (χ3n) is 4.81. The first-order chi connectivity index (χ1) is 15.4. The molecule has 2 amide bonds. The van der Waals surface area contributed by atoms with Gasteiger partial charge >= 0.3 is 0 Å². The third-order valence-corrected chi connectivity index (χ3v) is 6.25. The molecule has 172 valence electrons. The van der Waals surface area contributed by atoms with Crippen molar-refractivity contribution in [3.63, 3.8) is 0 Å². The van der Waals surface area contributed by atoms with E-state index in [9.17, 15) is 18.0 Å². The molecule has 32 heavy (non-hydrogen) atoms. The van der Waals surface area contributed by atoms with Crippen molar-refractivity contribution in [3.8, 4) is 5.75 Å². The second kappa shape index (κ2) is 11.1. The van der Waals surface area contributed by atoms with E-state index < -0.39 is 15.9 Å². The van der Waals surface area contributed by atoms with Gasteiger partial charge in [0.05, 0.1) is 24.2 Å². The number of rotatable bonds is 10. The Bertz CT molecular complexity index is 1020. The van der Waals surface area contributed by atoms with Gasteiger partial charge in [0.15, 0.2) is 0 Å². The minimum atomic E-state index is -3.69. The minimum absolute atomic E-state index is 0.0558. The van der Waals surface area contributed by atoms with Crippen molar-refractivity contribution < 1.29 is 27.5 Å². The summed E-state index contributed by atoms with van der Waals surface area (Å²) < 4.78 is 38.1. The Morgan fingerprint density at radius 1 is 1.09 bits per heavy atom. The number of ether oxygens (including phenoxy) is 2. The maximum Gasteiger partial charge on any atom is 0.251 e. The maximum absolute atomic E-state index is 12.4. The van der Waals surface area contributed by atoms with E-state index in [1.807, 2.05) is 6.92 Å². The predicted octanol–water partition coefficient (Wildman–Crippen LogP) is 1.91. The highest BCUT2D eigenvalue weighted by molar-refractivity contribution is 7.89. The number of benzene rings is 2. The van der Waals surface area contributed by atoms with Crippen molar-refractivity contribution in [2.75, 3.05) is 31.6 Å². The van der Waals surface area contributed by atoms with Crippen LogP contribution in [-0.2, 0) is 19.6 Å². The number of anilines is 1. The highest BCUT2D eigenvalue weighted by Crippen LogP contribution is 2.16. The van der Waals surface area contributed by atoms with Gasteiger partial charge in [0, 0.05) is 24.4 Å². The van der Waals surface area contributed by atoms with E-state index in [-0.39, 0.29) is 35.6 Å². The SMILES string of the molecule is CCOc1ccc(NC(=O)CNC(=O)c2ccc(S(=O)(=O)NCC3CCCO3)cc2)cc1. The standard InChI is InChI=1S/C22H27N3O6S/c1-2-30-18-9-7-17(8-10-18)25-21(26)15-23-22(27)16-5-11-20(12-6-16)32(28,29)24-14-19-4-3-13-31-19/h5-12,19,24H,2-4,13-15H2,1H3,(H,23,27)(H,25,26). The molecule has 0 aromatic heterocycles. The molecule has 0 radical (unpaired) electrons. The Hall–Kier alpha value is -2.95. The van der Waals surface area contributed by atoms with Crippen LogP contribution in [0.2, 0.25) is 0 Å². The molecule has 0 aliphatic carbocycles. The number of hydrogen-bond acceptors (Lipinski definition) is 6. The first kappa shape index (κ1) is 23.7. The molecular weight excluding hydrogens is 434 g/mol. The third kappa shape index (κ3) is 6.78. The average molecular weight is 462 g/mol. The summed E-state index contributed by atoms with van der Waals surface area (Å²) in [7, 11) is -3.69. The molecule has 2 aromatic rings. The lowest BCUT2D eigenvalue weighted by atomic mass is 10.2. The first-order valence-electron chi connectivity index (χ1n) is 10.4. The Morgan fingerprint density at radius 2 is 1.81 bits per heavy atom. The molecule has 3 rings (SSSR count). The summed E-state index contributed by atoms with van der Waals surface area (Å²) >= 11 is 0. The van der Waals surface area contributed by atoms with Gasteiger partial charge in [0.25, 0.3) is 5.91 Å². The fraction of sp³-hybridized carbons (Fsp3) is 0.364. The summed E-state index contributed by atoms with van der Waals surface area (Å²) in [5.74, 6) is -0.172. The van der Waals surface area contributed by atoms with Gasteiger partial charge in [-0.05, 0) is 68.3 Å². The van der Waals surface area contributed by atoms with Gasteiger partial charge in [0.2, 0.25) is 15.9 Å². The van der Waals surface area contributed by atoms with Crippen LogP contribution in [0, 0.1) is 0 Å². The lowest BCUT2D eigenvalue weighted by molar-refractivity contribution is -0.115. The fourth-order valence-electron chi connectivity index (χ4n) is 3.15. The zero-order valence-corrected chi connectivity index (χ0v) is 18.6. The lowest BCUT2D eigenvalue weighted by Gasteiger charge is -2.12. The molecule has 10 heteroatoms. The van der Waals surface area contributed by atoms with Crippen LogP contribution in [-0.4, -0.2) is 52.6 Å².